The van der Waals surface area contributed by atoms with Gasteiger partial charge in [-0.25, -0.2) is 0 Å². The minimum Gasteiger partial charge on any atom is -0.481 e. The van der Waals surface area contributed by atoms with Crippen LogP contribution in [0.3, 0.4) is 0 Å². The Labute approximate surface area is 115 Å². The van der Waals surface area contributed by atoms with Crippen molar-refractivity contribution in [2.75, 3.05) is 5.75 Å². The molecule has 0 amide bonds. The first kappa shape index (κ1) is 16.0. The van der Waals surface area contributed by atoms with Gasteiger partial charge in [0.25, 0.3) is 10.1 Å². The third kappa shape index (κ3) is 6.06. The fourth-order valence-electron chi connectivity index (χ4n) is 1.32. The van der Waals surface area contributed by atoms with Gasteiger partial charge in [-0.15, -0.1) is 11.8 Å². The van der Waals surface area contributed by atoms with E-state index in [-0.39, 0.29) is 11.3 Å². The second-order valence-corrected chi connectivity index (χ2v) is 6.43. The summed E-state index contributed by atoms with van der Waals surface area (Å²) >= 11 is 1.37. The van der Waals surface area contributed by atoms with Crippen LogP contribution < -0.4 is 0 Å². The van der Waals surface area contributed by atoms with Gasteiger partial charge >= 0.3 is 5.97 Å². The van der Waals surface area contributed by atoms with Gasteiger partial charge in [-0.2, -0.15) is 8.42 Å². The highest BCUT2D eigenvalue weighted by Gasteiger charge is 2.10. The highest BCUT2D eigenvalue weighted by molar-refractivity contribution is 7.99. The van der Waals surface area contributed by atoms with Gasteiger partial charge in [0, 0.05) is 10.6 Å². The van der Waals surface area contributed by atoms with Gasteiger partial charge < -0.3 is 10.2 Å². The highest BCUT2D eigenvalue weighted by atomic mass is 32.2. The topological polar surface area (TPSA) is 112 Å². The number of thioether (sulfide) groups is 1. The van der Waals surface area contributed by atoms with Crippen molar-refractivity contribution in [1.29, 1.82) is 0 Å². The first-order valence-corrected chi connectivity index (χ1v) is 7.82. The van der Waals surface area contributed by atoms with Crippen molar-refractivity contribution < 1.29 is 28.0 Å². The van der Waals surface area contributed by atoms with E-state index < -0.39 is 22.2 Å². The number of carboxylic acids is 1. The number of carbonyl (C=O) groups is 1. The molecule has 0 bridgehead atoms. The SMILES string of the molecule is O=C(O)CC(O)CCSc1ccc(S(=O)(=O)O)cc1. The van der Waals surface area contributed by atoms with E-state index in [2.05, 4.69) is 0 Å². The third-order valence-electron chi connectivity index (χ3n) is 2.25. The minimum absolute atomic E-state index is 0.178. The predicted molar refractivity (Wildman–Crippen MR) is 69.9 cm³/mol. The maximum Gasteiger partial charge on any atom is 0.305 e. The summed E-state index contributed by atoms with van der Waals surface area (Å²) < 4.78 is 30.4. The van der Waals surface area contributed by atoms with E-state index in [4.69, 9.17) is 9.66 Å². The number of aliphatic hydroxyl groups is 1. The van der Waals surface area contributed by atoms with Gasteiger partial charge in [-0.05, 0) is 30.7 Å². The second kappa shape index (κ2) is 6.90. The first-order chi connectivity index (χ1) is 8.79. The fourth-order valence-corrected chi connectivity index (χ4v) is 2.76. The smallest absolute Gasteiger partial charge is 0.305 e. The first-order valence-electron chi connectivity index (χ1n) is 5.39. The van der Waals surface area contributed by atoms with Crippen molar-refractivity contribution in [1.82, 2.24) is 0 Å². The lowest BCUT2D eigenvalue weighted by molar-refractivity contribution is -0.139. The van der Waals surface area contributed by atoms with Crippen molar-refractivity contribution in [2.45, 2.75) is 28.7 Å². The molecule has 6 nitrogen and oxygen atoms in total. The van der Waals surface area contributed by atoms with Gasteiger partial charge in [0.15, 0.2) is 0 Å². The van der Waals surface area contributed by atoms with Crippen LogP contribution in [0.4, 0.5) is 0 Å². The van der Waals surface area contributed by atoms with Crippen LogP contribution in [0.2, 0.25) is 0 Å². The summed E-state index contributed by atoms with van der Waals surface area (Å²) in [6.45, 7) is 0. The quantitative estimate of drug-likeness (QED) is 0.513. The molecule has 0 saturated heterocycles. The van der Waals surface area contributed by atoms with E-state index in [9.17, 15) is 18.3 Å². The molecule has 1 rings (SSSR count). The zero-order valence-electron chi connectivity index (χ0n) is 9.89. The number of rotatable bonds is 7. The third-order valence-corrected chi connectivity index (χ3v) is 4.16. The summed E-state index contributed by atoms with van der Waals surface area (Å²) in [5.41, 5.74) is 0. The molecule has 0 aliphatic carbocycles. The Kier molecular flexibility index (Phi) is 5.80. The summed E-state index contributed by atoms with van der Waals surface area (Å²) in [5.74, 6) is -0.533. The van der Waals surface area contributed by atoms with Gasteiger partial charge in [0.05, 0.1) is 17.4 Å². The van der Waals surface area contributed by atoms with E-state index in [1.807, 2.05) is 0 Å². The Bertz CT molecular complexity index is 523. The molecule has 19 heavy (non-hydrogen) atoms. The lowest BCUT2D eigenvalue weighted by Gasteiger charge is -2.07. The molecule has 0 fully saturated rings. The number of benzene rings is 1. The Hall–Kier alpha value is -1.09. The summed E-state index contributed by atoms with van der Waals surface area (Å²) in [6, 6.07) is 5.64. The fraction of sp³-hybridized carbons (Fsp3) is 0.364. The van der Waals surface area contributed by atoms with Gasteiger partial charge in [0.1, 0.15) is 0 Å². The number of hydrogen-bond donors (Lipinski definition) is 3. The molecular formula is C11H14O6S2. The van der Waals surface area contributed by atoms with Crippen LogP contribution in [0.5, 0.6) is 0 Å². The van der Waals surface area contributed by atoms with Crippen LogP contribution in [0.15, 0.2) is 34.1 Å². The molecule has 1 unspecified atom stereocenters. The zero-order chi connectivity index (χ0) is 14.5. The molecule has 3 N–H and O–H groups in total. The van der Waals surface area contributed by atoms with Crippen LogP contribution in [0.25, 0.3) is 0 Å². The average Bonchev–Trinajstić information content (AvgIpc) is 2.27. The molecule has 1 aromatic carbocycles. The van der Waals surface area contributed by atoms with E-state index in [0.29, 0.717) is 12.2 Å². The molecule has 1 aromatic rings. The van der Waals surface area contributed by atoms with Crippen LogP contribution in [-0.2, 0) is 14.9 Å². The maximum atomic E-state index is 10.8. The van der Waals surface area contributed by atoms with Crippen LogP contribution in [0, 0.1) is 0 Å². The normalized spacial score (nSPS) is 13.2. The van der Waals surface area contributed by atoms with Gasteiger partial charge in [0.2, 0.25) is 0 Å². The van der Waals surface area contributed by atoms with E-state index in [1.165, 1.54) is 36.0 Å². The molecule has 0 saturated carbocycles. The van der Waals surface area contributed by atoms with E-state index >= 15 is 0 Å². The highest BCUT2D eigenvalue weighted by Crippen LogP contribution is 2.21. The van der Waals surface area contributed by atoms with E-state index in [1.54, 1.807) is 0 Å². The van der Waals surface area contributed by atoms with Crippen molar-refractivity contribution in [3.05, 3.63) is 24.3 Å². The standard InChI is InChI=1S/C11H14O6S2/c12-8(7-11(13)14)5-6-18-9-1-3-10(4-2-9)19(15,16)17/h1-4,8,12H,5-7H2,(H,13,14)(H,15,16,17). The van der Waals surface area contributed by atoms with Crippen molar-refractivity contribution in [3.8, 4) is 0 Å². The molecule has 1 atom stereocenters. The molecule has 0 spiro atoms. The summed E-state index contributed by atoms with van der Waals surface area (Å²) in [6.07, 6.45) is -0.846. The van der Waals surface area contributed by atoms with Gasteiger partial charge in [-0.1, -0.05) is 0 Å². The van der Waals surface area contributed by atoms with Crippen molar-refractivity contribution >= 4 is 27.8 Å². The van der Waals surface area contributed by atoms with Crippen LogP contribution in [-0.4, -0.2) is 41.0 Å². The Morgan fingerprint density at radius 1 is 1.26 bits per heavy atom. The predicted octanol–water partition coefficient (Wildman–Crippen LogP) is 1.25. The lowest BCUT2D eigenvalue weighted by atomic mass is 10.2. The molecule has 0 radical (unpaired) electrons. The maximum absolute atomic E-state index is 10.8. The van der Waals surface area contributed by atoms with Crippen LogP contribution in [0.1, 0.15) is 12.8 Å². The Morgan fingerprint density at radius 3 is 2.32 bits per heavy atom. The number of carboxylic acid groups (broad SMARTS) is 1. The Balaban J connectivity index is 2.45. The Morgan fingerprint density at radius 2 is 1.84 bits per heavy atom. The largest absolute Gasteiger partial charge is 0.481 e. The molecule has 106 valence electrons. The number of aliphatic hydroxyl groups excluding tert-OH is 1. The van der Waals surface area contributed by atoms with Crippen molar-refractivity contribution in [2.24, 2.45) is 0 Å². The zero-order valence-corrected chi connectivity index (χ0v) is 11.5. The molecule has 0 aromatic heterocycles. The number of hydrogen-bond acceptors (Lipinski definition) is 5. The summed E-state index contributed by atoms with van der Waals surface area (Å²) in [5, 5.41) is 17.8. The van der Waals surface area contributed by atoms with Crippen LogP contribution >= 0.6 is 11.8 Å². The molecule has 0 aliphatic heterocycles. The lowest BCUT2D eigenvalue weighted by Crippen LogP contribution is -2.13. The number of aliphatic carboxylic acids is 1. The van der Waals surface area contributed by atoms with E-state index in [0.717, 1.165) is 4.90 Å². The monoisotopic (exact) mass is 306 g/mol. The second-order valence-electron chi connectivity index (χ2n) is 3.84. The summed E-state index contributed by atoms with van der Waals surface area (Å²) in [4.78, 5) is 10.9. The molecule has 0 heterocycles. The molecular weight excluding hydrogens is 292 g/mol. The van der Waals surface area contributed by atoms with Gasteiger partial charge in [-0.3, -0.25) is 9.35 Å². The van der Waals surface area contributed by atoms with Crippen molar-refractivity contribution in [3.63, 3.8) is 0 Å². The summed E-state index contributed by atoms with van der Waals surface area (Å²) in [7, 11) is -4.18. The molecule has 8 heteroatoms. The average molecular weight is 306 g/mol. The minimum atomic E-state index is -4.18. The molecule has 0 aliphatic rings.